The fraction of sp³-hybridized carbons (Fsp3) is 0.538. The van der Waals surface area contributed by atoms with Gasteiger partial charge in [0.1, 0.15) is 0 Å². The smallest absolute Gasteiger partial charge is 0.258 e. The van der Waals surface area contributed by atoms with E-state index < -0.39 is 26.5 Å². The fourth-order valence-electron chi connectivity index (χ4n) is 2.63. The van der Waals surface area contributed by atoms with Gasteiger partial charge in [-0.2, -0.15) is 8.70 Å². The van der Waals surface area contributed by atoms with Crippen molar-refractivity contribution in [1.29, 1.82) is 0 Å². The molecule has 0 spiro atoms. The highest BCUT2D eigenvalue weighted by atomic mass is 32.2. The summed E-state index contributed by atoms with van der Waals surface area (Å²) in [5.41, 5.74) is -0.725. The summed E-state index contributed by atoms with van der Waals surface area (Å²) in [6, 6.07) is 0.863. The number of halogens is 1. The third-order valence-corrected chi connectivity index (χ3v) is 5.96. The molecular weight excluding hydrogens is 299 g/mol. The van der Waals surface area contributed by atoms with Gasteiger partial charge in [0, 0.05) is 12.6 Å². The molecule has 1 aromatic rings. The molecule has 0 N–H and O–H groups in total. The van der Waals surface area contributed by atoms with Crippen molar-refractivity contribution in [2.75, 3.05) is 6.54 Å². The van der Waals surface area contributed by atoms with Crippen LogP contribution < -0.4 is 0 Å². The van der Waals surface area contributed by atoms with E-state index in [4.69, 9.17) is 0 Å². The molecule has 6 nitrogen and oxygen atoms in total. The number of nitrogens with zero attached hydrogens (tertiary/aromatic N) is 2. The Hall–Kier alpha value is -1.54. The molecule has 0 radical (unpaired) electrons. The van der Waals surface area contributed by atoms with Crippen LogP contribution in [-0.4, -0.2) is 30.2 Å². The Kier molecular flexibility index (Phi) is 4.03. The maximum atomic E-state index is 13.7. The zero-order valence-corrected chi connectivity index (χ0v) is 12.9. The van der Waals surface area contributed by atoms with Crippen LogP contribution in [0, 0.1) is 29.8 Å². The average Bonchev–Trinajstić information content (AvgIpc) is 3.11. The van der Waals surface area contributed by atoms with E-state index in [1.54, 1.807) is 6.92 Å². The molecule has 116 valence electrons. The number of benzene rings is 1. The topological polar surface area (TPSA) is 80.5 Å². The normalized spacial score (nSPS) is 15.5. The van der Waals surface area contributed by atoms with Gasteiger partial charge in [-0.05, 0) is 38.3 Å². The van der Waals surface area contributed by atoms with Crippen LogP contribution in [0.1, 0.15) is 30.9 Å². The van der Waals surface area contributed by atoms with E-state index in [2.05, 4.69) is 0 Å². The minimum absolute atomic E-state index is 0.0529. The third kappa shape index (κ3) is 2.65. The van der Waals surface area contributed by atoms with Gasteiger partial charge in [0.15, 0.2) is 0 Å². The second kappa shape index (κ2) is 5.34. The lowest BCUT2D eigenvalue weighted by atomic mass is 10.1. The van der Waals surface area contributed by atoms with Crippen LogP contribution >= 0.6 is 0 Å². The molecule has 0 bridgehead atoms. The summed E-state index contributed by atoms with van der Waals surface area (Å²) in [7, 11) is -3.86. The second-order valence-electron chi connectivity index (χ2n) is 5.17. The number of nitro groups is 1. The first kappa shape index (κ1) is 15.8. The van der Waals surface area contributed by atoms with E-state index in [1.165, 1.54) is 18.2 Å². The molecule has 1 aliphatic carbocycles. The monoisotopic (exact) mass is 316 g/mol. The van der Waals surface area contributed by atoms with Crippen molar-refractivity contribution in [3.05, 3.63) is 33.1 Å². The number of aryl methyl sites for hydroxylation is 1. The molecule has 0 aliphatic heterocycles. The SMILES string of the molecule is CCN(C1CC1)S(=O)(=O)c1c(C)cc(F)c([N+](=O)[O-])c1C. The zero-order valence-electron chi connectivity index (χ0n) is 12.1. The number of hydrogen-bond donors (Lipinski definition) is 0. The fourth-order valence-corrected chi connectivity index (χ4v) is 4.76. The number of hydrogen-bond acceptors (Lipinski definition) is 4. The Labute approximate surface area is 122 Å². The molecule has 1 saturated carbocycles. The van der Waals surface area contributed by atoms with Gasteiger partial charge in [-0.3, -0.25) is 10.1 Å². The lowest BCUT2D eigenvalue weighted by molar-refractivity contribution is -0.388. The lowest BCUT2D eigenvalue weighted by Gasteiger charge is -2.22. The highest BCUT2D eigenvalue weighted by molar-refractivity contribution is 7.89. The summed E-state index contributed by atoms with van der Waals surface area (Å²) in [5.74, 6) is -1.01. The first-order valence-electron chi connectivity index (χ1n) is 6.67. The molecule has 21 heavy (non-hydrogen) atoms. The van der Waals surface area contributed by atoms with Crippen LogP contribution in [0.2, 0.25) is 0 Å². The Morgan fingerprint density at radius 3 is 2.43 bits per heavy atom. The summed E-state index contributed by atoms with van der Waals surface area (Å²) in [6.07, 6.45) is 1.57. The first-order chi connectivity index (χ1) is 9.71. The van der Waals surface area contributed by atoms with Crippen molar-refractivity contribution in [2.45, 2.75) is 44.6 Å². The van der Waals surface area contributed by atoms with Crippen molar-refractivity contribution >= 4 is 15.7 Å². The summed E-state index contributed by atoms with van der Waals surface area (Å²) >= 11 is 0. The van der Waals surface area contributed by atoms with Gasteiger partial charge in [-0.1, -0.05) is 6.92 Å². The highest BCUT2D eigenvalue weighted by Gasteiger charge is 2.40. The molecule has 0 amide bonds. The van der Waals surface area contributed by atoms with Gasteiger partial charge in [-0.15, -0.1) is 0 Å². The molecule has 0 aromatic heterocycles. The Morgan fingerprint density at radius 2 is 2.00 bits per heavy atom. The Bertz CT molecular complexity index is 699. The van der Waals surface area contributed by atoms with E-state index in [0.717, 1.165) is 18.9 Å². The number of nitro benzene ring substituents is 1. The molecule has 8 heteroatoms. The number of rotatable bonds is 5. The number of sulfonamides is 1. The van der Waals surface area contributed by atoms with E-state index in [-0.39, 0.29) is 28.6 Å². The van der Waals surface area contributed by atoms with Crippen LogP contribution in [0.3, 0.4) is 0 Å². The van der Waals surface area contributed by atoms with Crippen molar-refractivity contribution in [3.63, 3.8) is 0 Å². The van der Waals surface area contributed by atoms with Crippen molar-refractivity contribution in [1.82, 2.24) is 4.31 Å². The van der Waals surface area contributed by atoms with Gasteiger partial charge >= 0.3 is 5.69 Å². The van der Waals surface area contributed by atoms with Crippen LogP contribution in [0.4, 0.5) is 10.1 Å². The predicted octanol–water partition coefficient (Wildman–Crippen LogP) is 2.52. The third-order valence-electron chi connectivity index (χ3n) is 3.64. The molecule has 0 atom stereocenters. The van der Waals surface area contributed by atoms with E-state index in [9.17, 15) is 22.9 Å². The zero-order chi connectivity index (χ0) is 15.9. The van der Waals surface area contributed by atoms with Gasteiger partial charge in [0.05, 0.1) is 15.4 Å². The van der Waals surface area contributed by atoms with Crippen LogP contribution in [0.15, 0.2) is 11.0 Å². The molecule has 0 heterocycles. The van der Waals surface area contributed by atoms with Gasteiger partial charge in [0.2, 0.25) is 15.8 Å². The summed E-state index contributed by atoms with van der Waals surface area (Å²) in [5, 5.41) is 11.0. The van der Waals surface area contributed by atoms with Crippen LogP contribution in [-0.2, 0) is 10.0 Å². The molecule has 2 rings (SSSR count). The molecule has 0 saturated heterocycles. The van der Waals surface area contributed by atoms with Crippen LogP contribution in [0.5, 0.6) is 0 Å². The Morgan fingerprint density at radius 1 is 1.43 bits per heavy atom. The van der Waals surface area contributed by atoms with E-state index in [1.807, 2.05) is 0 Å². The molecule has 0 unspecified atom stereocenters. The quantitative estimate of drug-likeness (QED) is 0.617. The summed E-state index contributed by atoms with van der Waals surface area (Å²) < 4.78 is 40.6. The van der Waals surface area contributed by atoms with E-state index in [0.29, 0.717) is 0 Å². The summed E-state index contributed by atoms with van der Waals surface area (Å²) in [6.45, 7) is 4.74. The molecule has 1 fully saturated rings. The molecule has 1 aromatic carbocycles. The van der Waals surface area contributed by atoms with Gasteiger partial charge in [-0.25, -0.2) is 8.42 Å². The average molecular weight is 316 g/mol. The van der Waals surface area contributed by atoms with Gasteiger partial charge < -0.3 is 0 Å². The maximum Gasteiger partial charge on any atom is 0.309 e. The minimum Gasteiger partial charge on any atom is -0.258 e. The highest BCUT2D eigenvalue weighted by Crippen LogP contribution is 2.37. The standard InChI is InChI=1S/C13H17FN2O4S/c1-4-15(10-5-6-10)21(19,20)13-8(2)7-11(14)12(9(13)3)16(17)18/h7,10H,4-6H2,1-3H3. The largest absolute Gasteiger partial charge is 0.309 e. The first-order valence-corrected chi connectivity index (χ1v) is 8.11. The maximum absolute atomic E-state index is 13.7. The minimum atomic E-state index is -3.86. The Balaban J connectivity index is 2.68. The van der Waals surface area contributed by atoms with E-state index >= 15 is 0 Å². The predicted molar refractivity (Wildman–Crippen MR) is 75.1 cm³/mol. The molecule has 1 aliphatic rings. The van der Waals surface area contributed by atoms with Crippen molar-refractivity contribution in [3.8, 4) is 0 Å². The second-order valence-corrected chi connectivity index (χ2v) is 7.00. The lowest BCUT2D eigenvalue weighted by Crippen LogP contribution is -2.34. The summed E-state index contributed by atoms with van der Waals surface area (Å²) in [4.78, 5) is 9.95. The van der Waals surface area contributed by atoms with Crippen molar-refractivity contribution < 1.29 is 17.7 Å². The molecular formula is C13H17FN2O4S. The van der Waals surface area contributed by atoms with Crippen molar-refractivity contribution in [2.24, 2.45) is 0 Å². The van der Waals surface area contributed by atoms with Gasteiger partial charge in [0.25, 0.3) is 0 Å². The van der Waals surface area contributed by atoms with Crippen LogP contribution in [0.25, 0.3) is 0 Å².